The number of nitrogens with one attached hydrogen (secondary N) is 1. The van der Waals surface area contributed by atoms with Gasteiger partial charge in [0.15, 0.2) is 6.61 Å². The number of benzene rings is 1. The summed E-state index contributed by atoms with van der Waals surface area (Å²) in [5.74, 6) is -1.46. The zero-order chi connectivity index (χ0) is 16.8. The van der Waals surface area contributed by atoms with Gasteiger partial charge in [-0.2, -0.15) is 0 Å². The highest BCUT2D eigenvalue weighted by molar-refractivity contribution is 7.09. The van der Waals surface area contributed by atoms with Crippen molar-refractivity contribution in [3.63, 3.8) is 0 Å². The maximum absolute atomic E-state index is 11.9. The summed E-state index contributed by atoms with van der Waals surface area (Å²) in [5, 5.41) is 15.5. The van der Waals surface area contributed by atoms with Crippen molar-refractivity contribution >= 4 is 40.5 Å². The number of esters is 1. The molecule has 1 heterocycles. The van der Waals surface area contributed by atoms with Crippen molar-refractivity contribution in [2.24, 2.45) is 0 Å². The van der Waals surface area contributed by atoms with Gasteiger partial charge in [-0.1, -0.05) is 17.7 Å². The van der Waals surface area contributed by atoms with Crippen LogP contribution in [0.3, 0.4) is 0 Å². The molecule has 0 fully saturated rings. The molecule has 0 aliphatic carbocycles. The molecule has 0 aliphatic rings. The van der Waals surface area contributed by atoms with E-state index in [-0.39, 0.29) is 10.6 Å². The molecule has 1 N–H and O–H groups in total. The summed E-state index contributed by atoms with van der Waals surface area (Å²) >= 11 is 7.15. The lowest BCUT2D eigenvalue weighted by Gasteiger charge is -2.06. The lowest BCUT2D eigenvalue weighted by molar-refractivity contribution is -0.385. The molecule has 9 heteroatoms. The Morgan fingerprint density at radius 1 is 1.35 bits per heavy atom. The quantitative estimate of drug-likeness (QED) is 0.488. The second-order valence-electron chi connectivity index (χ2n) is 4.35. The van der Waals surface area contributed by atoms with Crippen LogP contribution in [-0.4, -0.2) is 23.4 Å². The number of rotatable bonds is 6. The van der Waals surface area contributed by atoms with Crippen molar-refractivity contribution in [3.05, 3.63) is 61.3 Å². The number of ether oxygens (including phenoxy) is 1. The van der Waals surface area contributed by atoms with Crippen LogP contribution in [0.4, 0.5) is 5.69 Å². The van der Waals surface area contributed by atoms with Crippen LogP contribution in [0.1, 0.15) is 15.2 Å². The summed E-state index contributed by atoms with van der Waals surface area (Å²) < 4.78 is 4.80. The number of amides is 1. The molecule has 1 aromatic heterocycles. The largest absolute Gasteiger partial charge is 0.452 e. The molecule has 0 saturated heterocycles. The van der Waals surface area contributed by atoms with Crippen LogP contribution in [0.5, 0.6) is 0 Å². The molecular formula is C14H11ClN2O5S. The smallest absolute Gasteiger partial charge is 0.345 e. The Morgan fingerprint density at radius 3 is 2.78 bits per heavy atom. The summed E-state index contributed by atoms with van der Waals surface area (Å²) in [6, 6.07) is 7.28. The predicted molar refractivity (Wildman–Crippen MR) is 84.6 cm³/mol. The summed E-state index contributed by atoms with van der Waals surface area (Å²) in [6.07, 6.45) is 0. The molecule has 0 atom stereocenters. The van der Waals surface area contributed by atoms with Gasteiger partial charge in [-0.25, -0.2) is 4.79 Å². The maximum Gasteiger partial charge on any atom is 0.345 e. The first-order chi connectivity index (χ1) is 11.0. The minimum atomic E-state index is -0.959. The number of thiophene rings is 1. The molecule has 2 aromatic rings. The fraction of sp³-hybridized carbons (Fsp3) is 0.143. The average molecular weight is 355 g/mol. The Hall–Kier alpha value is -2.45. The van der Waals surface area contributed by atoms with Crippen molar-refractivity contribution in [1.29, 1.82) is 0 Å². The number of nitro benzene ring substituents is 1. The second kappa shape index (κ2) is 7.70. The molecular weight excluding hydrogens is 344 g/mol. The van der Waals surface area contributed by atoms with Crippen LogP contribution in [-0.2, 0) is 16.1 Å². The molecule has 0 unspecified atom stereocenters. The van der Waals surface area contributed by atoms with Crippen molar-refractivity contribution < 1.29 is 19.2 Å². The summed E-state index contributed by atoms with van der Waals surface area (Å²) in [5.41, 5.74) is -0.730. The van der Waals surface area contributed by atoms with Crippen molar-refractivity contribution in [1.82, 2.24) is 5.32 Å². The Kier molecular flexibility index (Phi) is 5.67. The van der Waals surface area contributed by atoms with E-state index in [1.54, 1.807) is 0 Å². The number of halogens is 1. The van der Waals surface area contributed by atoms with Gasteiger partial charge >= 0.3 is 5.97 Å². The van der Waals surface area contributed by atoms with Crippen LogP contribution < -0.4 is 5.32 Å². The molecule has 1 amide bonds. The van der Waals surface area contributed by atoms with E-state index < -0.39 is 29.1 Å². The van der Waals surface area contributed by atoms with E-state index in [1.165, 1.54) is 23.5 Å². The summed E-state index contributed by atoms with van der Waals surface area (Å²) in [7, 11) is 0. The van der Waals surface area contributed by atoms with E-state index in [0.717, 1.165) is 10.9 Å². The molecule has 120 valence electrons. The lowest BCUT2D eigenvalue weighted by Crippen LogP contribution is -2.28. The molecule has 0 radical (unpaired) electrons. The topological polar surface area (TPSA) is 98.5 Å². The molecule has 23 heavy (non-hydrogen) atoms. The standard InChI is InChI=1S/C14H11ClN2O5S/c15-9-3-4-11(12(6-9)17(20)21)14(19)22-8-13(18)16-7-10-2-1-5-23-10/h1-6H,7-8H2,(H,16,18). The summed E-state index contributed by atoms with van der Waals surface area (Å²) in [4.78, 5) is 34.6. The van der Waals surface area contributed by atoms with E-state index in [4.69, 9.17) is 16.3 Å². The van der Waals surface area contributed by atoms with Crippen LogP contribution in [0.2, 0.25) is 5.02 Å². The molecule has 0 saturated carbocycles. The number of nitrogens with zero attached hydrogens (tertiary/aromatic N) is 1. The lowest BCUT2D eigenvalue weighted by atomic mass is 10.2. The highest BCUT2D eigenvalue weighted by atomic mass is 35.5. The fourth-order valence-electron chi connectivity index (χ4n) is 1.69. The first-order valence-corrected chi connectivity index (χ1v) is 7.63. The van der Waals surface area contributed by atoms with Crippen molar-refractivity contribution in [2.75, 3.05) is 6.61 Å². The number of nitro groups is 1. The van der Waals surface area contributed by atoms with Gasteiger partial charge < -0.3 is 10.1 Å². The van der Waals surface area contributed by atoms with Crippen LogP contribution >= 0.6 is 22.9 Å². The predicted octanol–water partition coefficient (Wildman–Crippen LogP) is 2.78. The number of carbonyl (C=O) groups is 2. The van der Waals surface area contributed by atoms with Gasteiger partial charge in [0.05, 0.1) is 11.5 Å². The third-order valence-corrected chi connectivity index (χ3v) is 3.86. The number of carbonyl (C=O) groups excluding carboxylic acids is 2. The van der Waals surface area contributed by atoms with Crippen molar-refractivity contribution in [2.45, 2.75) is 6.54 Å². The van der Waals surface area contributed by atoms with Gasteiger partial charge in [-0.3, -0.25) is 14.9 Å². The van der Waals surface area contributed by atoms with Crippen molar-refractivity contribution in [3.8, 4) is 0 Å². The summed E-state index contributed by atoms with van der Waals surface area (Å²) in [6.45, 7) is -0.195. The molecule has 0 aliphatic heterocycles. The minimum absolute atomic E-state index is 0.127. The van der Waals surface area contributed by atoms with Gasteiger partial charge in [-0.15, -0.1) is 11.3 Å². The first kappa shape index (κ1) is 16.9. The van der Waals surface area contributed by atoms with Gasteiger partial charge in [0, 0.05) is 16.0 Å². The minimum Gasteiger partial charge on any atom is -0.452 e. The van der Waals surface area contributed by atoms with E-state index in [0.29, 0.717) is 6.54 Å². The van der Waals surface area contributed by atoms with Crippen LogP contribution in [0, 0.1) is 10.1 Å². The van der Waals surface area contributed by atoms with Gasteiger partial charge in [0.25, 0.3) is 11.6 Å². The second-order valence-corrected chi connectivity index (χ2v) is 5.82. The normalized spacial score (nSPS) is 10.1. The van der Waals surface area contributed by atoms with Gasteiger partial charge in [-0.05, 0) is 23.6 Å². The van der Waals surface area contributed by atoms with Crippen LogP contribution in [0.15, 0.2) is 35.7 Å². The van der Waals surface area contributed by atoms with E-state index >= 15 is 0 Å². The van der Waals surface area contributed by atoms with Gasteiger partial charge in [0.1, 0.15) is 5.56 Å². The monoisotopic (exact) mass is 354 g/mol. The molecule has 0 bridgehead atoms. The third-order valence-electron chi connectivity index (χ3n) is 2.75. The zero-order valence-electron chi connectivity index (χ0n) is 11.7. The molecule has 7 nitrogen and oxygen atoms in total. The Labute approximate surface area is 140 Å². The SMILES string of the molecule is O=C(COC(=O)c1ccc(Cl)cc1[N+](=O)[O-])NCc1cccs1. The highest BCUT2D eigenvalue weighted by Gasteiger charge is 2.22. The first-order valence-electron chi connectivity index (χ1n) is 6.37. The molecule has 2 rings (SSSR count). The highest BCUT2D eigenvalue weighted by Crippen LogP contribution is 2.23. The molecule has 0 spiro atoms. The number of hydrogen-bond acceptors (Lipinski definition) is 6. The zero-order valence-corrected chi connectivity index (χ0v) is 13.2. The Bertz CT molecular complexity index is 733. The van der Waals surface area contributed by atoms with E-state index in [1.807, 2.05) is 17.5 Å². The van der Waals surface area contributed by atoms with Crippen LogP contribution in [0.25, 0.3) is 0 Å². The van der Waals surface area contributed by atoms with E-state index in [2.05, 4.69) is 5.32 Å². The average Bonchev–Trinajstić information content (AvgIpc) is 3.03. The molecule has 1 aromatic carbocycles. The fourth-order valence-corrected chi connectivity index (χ4v) is 2.50. The third kappa shape index (κ3) is 4.76. The maximum atomic E-state index is 11.9. The van der Waals surface area contributed by atoms with Gasteiger partial charge in [0.2, 0.25) is 0 Å². The number of hydrogen-bond donors (Lipinski definition) is 1. The Morgan fingerprint density at radius 2 is 2.13 bits per heavy atom. The Balaban J connectivity index is 1.92. The van der Waals surface area contributed by atoms with E-state index in [9.17, 15) is 19.7 Å².